The first-order valence-corrected chi connectivity index (χ1v) is 11.0. The molecule has 3 aromatic carbocycles. The summed E-state index contributed by atoms with van der Waals surface area (Å²) in [5.41, 5.74) is 3.08. The molecule has 0 N–H and O–H groups in total. The van der Waals surface area contributed by atoms with Crippen molar-refractivity contribution in [3.05, 3.63) is 114 Å². The van der Waals surface area contributed by atoms with Gasteiger partial charge in [0.05, 0.1) is 17.0 Å². The molecule has 31 heavy (non-hydrogen) atoms. The molecular formula is C25H17BrClNO3. The van der Waals surface area contributed by atoms with Crippen LogP contribution in [-0.4, -0.2) is 10.8 Å². The number of hydrogen-bond acceptors (Lipinski definition) is 3. The fourth-order valence-corrected chi connectivity index (χ4v) is 4.69. The van der Waals surface area contributed by atoms with Crippen LogP contribution in [-0.2, 0) is 6.54 Å². The Hall–Kier alpha value is -2.89. The molecule has 0 saturated heterocycles. The molecule has 0 saturated carbocycles. The van der Waals surface area contributed by atoms with E-state index in [-0.39, 0.29) is 17.1 Å². The van der Waals surface area contributed by atoms with Gasteiger partial charge in [0.2, 0.25) is 5.76 Å². The van der Waals surface area contributed by atoms with Crippen molar-refractivity contribution in [2.24, 2.45) is 0 Å². The molecule has 154 valence electrons. The summed E-state index contributed by atoms with van der Waals surface area (Å²) in [6.45, 7) is 2.19. The van der Waals surface area contributed by atoms with Crippen LogP contribution in [0.15, 0.2) is 80.4 Å². The lowest BCUT2D eigenvalue weighted by molar-refractivity contribution is 0.0714. The smallest absolute Gasteiger partial charge is 0.291 e. The predicted molar refractivity (Wildman–Crippen MR) is 125 cm³/mol. The quantitative estimate of drug-likeness (QED) is 0.338. The topological polar surface area (TPSA) is 50.5 Å². The molecule has 1 aliphatic heterocycles. The highest BCUT2D eigenvalue weighted by molar-refractivity contribution is 9.10. The Morgan fingerprint density at radius 1 is 1.03 bits per heavy atom. The minimum absolute atomic E-state index is 0.0973. The van der Waals surface area contributed by atoms with Gasteiger partial charge in [0.1, 0.15) is 5.58 Å². The largest absolute Gasteiger partial charge is 0.450 e. The summed E-state index contributed by atoms with van der Waals surface area (Å²) in [5.74, 6) is -0.199. The maximum Gasteiger partial charge on any atom is 0.291 e. The highest BCUT2D eigenvalue weighted by Gasteiger charge is 2.42. The van der Waals surface area contributed by atoms with Crippen LogP contribution in [0.4, 0.5) is 0 Å². The van der Waals surface area contributed by atoms with Crippen molar-refractivity contribution in [3.8, 4) is 0 Å². The number of amides is 1. The standard InChI is InChI=1S/C25H17BrClNO3/c1-14-10-20-18(12-19(14)27)23(29)21-22(16-8-5-9-17(26)11-16)28(25(30)24(21)31-20)13-15-6-3-2-4-7-15/h2-12,22H,13H2,1H3. The lowest BCUT2D eigenvalue weighted by Crippen LogP contribution is -2.29. The molecule has 1 unspecified atom stereocenters. The highest BCUT2D eigenvalue weighted by Crippen LogP contribution is 2.40. The van der Waals surface area contributed by atoms with Crippen LogP contribution < -0.4 is 5.43 Å². The van der Waals surface area contributed by atoms with Gasteiger partial charge in [0.15, 0.2) is 5.43 Å². The second kappa shape index (κ2) is 7.66. The Labute approximate surface area is 192 Å². The van der Waals surface area contributed by atoms with Gasteiger partial charge in [-0.15, -0.1) is 0 Å². The molecule has 1 amide bonds. The predicted octanol–water partition coefficient (Wildman–Crippen LogP) is 6.26. The van der Waals surface area contributed by atoms with E-state index < -0.39 is 6.04 Å². The molecular weight excluding hydrogens is 478 g/mol. The van der Waals surface area contributed by atoms with Crippen LogP contribution >= 0.6 is 27.5 Å². The molecule has 1 atom stereocenters. The number of hydrogen-bond donors (Lipinski definition) is 0. The molecule has 4 aromatic rings. The van der Waals surface area contributed by atoms with Gasteiger partial charge >= 0.3 is 0 Å². The van der Waals surface area contributed by atoms with E-state index in [9.17, 15) is 9.59 Å². The van der Waals surface area contributed by atoms with Gasteiger partial charge in [-0.05, 0) is 47.9 Å². The Balaban J connectivity index is 1.76. The summed E-state index contributed by atoms with van der Waals surface area (Å²) in [5, 5.41) is 0.868. The average molecular weight is 495 g/mol. The number of fused-ring (bicyclic) bond motifs is 2. The average Bonchev–Trinajstić information content (AvgIpc) is 3.03. The summed E-state index contributed by atoms with van der Waals surface area (Å²) < 4.78 is 6.89. The molecule has 0 spiro atoms. The Bertz CT molecular complexity index is 1400. The van der Waals surface area contributed by atoms with E-state index in [0.717, 1.165) is 21.2 Å². The minimum atomic E-state index is -0.555. The maximum absolute atomic E-state index is 13.6. The van der Waals surface area contributed by atoms with E-state index in [1.165, 1.54) is 0 Å². The van der Waals surface area contributed by atoms with Crippen LogP contribution in [0, 0.1) is 6.92 Å². The number of carbonyl (C=O) groups is 1. The minimum Gasteiger partial charge on any atom is -0.450 e. The van der Waals surface area contributed by atoms with E-state index >= 15 is 0 Å². The van der Waals surface area contributed by atoms with Crippen LogP contribution in [0.1, 0.15) is 38.9 Å². The van der Waals surface area contributed by atoms with Crippen molar-refractivity contribution >= 4 is 44.4 Å². The Morgan fingerprint density at radius 3 is 2.55 bits per heavy atom. The zero-order valence-electron chi connectivity index (χ0n) is 16.6. The van der Waals surface area contributed by atoms with E-state index in [1.54, 1.807) is 17.0 Å². The molecule has 2 heterocycles. The summed E-state index contributed by atoms with van der Waals surface area (Å²) in [6.07, 6.45) is 0. The normalized spacial score (nSPS) is 15.5. The number of rotatable bonds is 3. The van der Waals surface area contributed by atoms with Crippen molar-refractivity contribution in [1.82, 2.24) is 4.90 Å². The first-order valence-electron chi connectivity index (χ1n) is 9.81. The second-order valence-electron chi connectivity index (χ2n) is 7.65. The van der Waals surface area contributed by atoms with E-state index in [2.05, 4.69) is 15.9 Å². The van der Waals surface area contributed by atoms with E-state index in [4.69, 9.17) is 16.0 Å². The highest BCUT2D eigenvalue weighted by atomic mass is 79.9. The van der Waals surface area contributed by atoms with E-state index in [0.29, 0.717) is 28.1 Å². The van der Waals surface area contributed by atoms with Crippen molar-refractivity contribution < 1.29 is 9.21 Å². The zero-order chi connectivity index (χ0) is 21.7. The summed E-state index contributed by atoms with van der Waals surface area (Å²) in [4.78, 5) is 28.8. The molecule has 0 radical (unpaired) electrons. The third-order valence-electron chi connectivity index (χ3n) is 5.61. The Kier molecular flexibility index (Phi) is 4.95. The first-order chi connectivity index (χ1) is 14.9. The monoisotopic (exact) mass is 493 g/mol. The van der Waals surface area contributed by atoms with Crippen molar-refractivity contribution in [2.75, 3.05) is 0 Å². The first kappa shape index (κ1) is 20.0. The van der Waals surface area contributed by atoms with Gasteiger partial charge in [-0.1, -0.05) is 70.0 Å². The third-order valence-corrected chi connectivity index (χ3v) is 6.51. The van der Waals surface area contributed by atoms with Crippen LogP contribution in [0.2, 0.25) is 5.02 Å². The van der Waals surface area contributed by atoms with Crippen molar-refractivity contribution in [1.29, 1.82) is 0 Å². The lowest BCUT2D eigenvalue weighted by atomic mass is 9.98. The number of halogens is 2. The fourth-order valence-electron chi connectivity index (χ4n) is 4.11. The van der Waals surface area contributed by atoms with Gasteiger partial charge < -0.3 is 9.32 Å². The number of benzene rings is 3. The lowest BCUT2D eigenvalue weighted by Gasteiger charge is -2.25. The molecule has 1 aromatic heterocycles. The van der Waals surface area contributed by atoms with Crippen LogP contribution in [0.5, 0.6) is 0 Å². The van der Waals surface area contributed by atoms with Crippen molar-refractivity contribution in [3.63, 3.8) is 0 Å². The SMILES string of the molecule is Cc1cc2oc3c(c(=O)c2cc1Cl)C(c1cccc(Br)c1)N(Cc1ccccc1)C3=O. The van der Waals surface area contributed by atoms with Crippen molar-refractivity contribution in [2.45, 2.75) is 19.5 Å². The fraction of sp³-hybridized carbons (Fsp3) is 0.120. The van der Waals surface area contributed by atoms with Gasteiger partial charge in [-0.3, -0.25) is 9.59 Å². The zero-order valence-corrected chi connectivity index (χ0v) is 18.9. The molecule has 1 aliphatic rings. The summed E-state index contributed by atoms with van der Waals surface area (Å²) in [6, 6.07) is 20.1. The molecule has 6 heteroatoms. The second-order valence-corrected chi connectivity index (χ2v) is 8.97. The molecule has 5 rings (SSSR count). The number of carbonyl (C=O) groups excluding carboxylic acids is 1. The molecule has 0 bridgehead atoms. The number of nitrogens with zero attached hydrogens (tertiary/aromatic N) is 1. The van der Waals surface area contributed by atoms with Gasteiger partial charge in [-0.25, -0.2) is 0 Å². The summed E-state index contributed by atoms with van der Waals surface area (Å²) >= 11 is 9.79. The van der Waals surface area contributed by atoms with Crippen LogP contribution in [0.25, 0.3) is 11.0 Å². The maximum atomic E-state index is 13.6. The summed E-state index contributed by atoms with van der Waals surface area (Å²) in [7, 11) is 0. The Morgan fingerprint density at radius 2 is 1.81 bits per heavy atom. The van der Waals surface area contributed by atoms with Gasteiger partial charge in [-0.2, -0.15) is 0 Å². The van der Waals surface area contributed by atoms with Gasteiger partial charge in [0.25, 0.3) is 5.91 Å². The van der Waals surface area contributed by atoms with E-state index in [1.807, 2.05) is 61.5 Å². The molecule has 0 aliphatic carbocycles. The molecule has 4 nitrogen and oxygen atoms in total. The number of aryl methyl sites for hydroxylation is 1. The van der Waals surface area contributed by atoms with Gasteiger partial charge in [0, 0.05) is 16.0 Å². The van der Waals surface area contributed by atoms with Crippen LogP contribution in [0.3, 0.4) is 0 Å². The molecule has 0 fully saturated rings. The third kappa shape index (κ3) is 3.38.